The van der Waals surface area contributed by atoms with Gasteiger partial charge in [-0.1, -0.05) is 182 Å². The van der Waals surface area contributed by atoms with Crippen LogP contribution in [0.4, 0.5) is 17.1 Å². The number of hydrogen-bond acceptors (Lipinski definition) is 2. The van der Waals surface area contributed by atoms with Crippen molar-refractivity contribution in [2.45, 2.75) is 0 Å². The highest BCUT2D eigenvalue weighted by Crippen LogP contribution is 2.52. The van der Waals surface area contributed by atoms with Gasteiger partial charge in [-0.05, 0) is 109 Å². The third-order valence-corrected chi connectivity index (χ3v) is 11.7. The smallest absolute Gasteiger partial charge is 0.137 e. The van der Waals surface area contributed by atoms with Crippen molar-refractivity contribution in [3.05, 3.63) is 237 Å². The minimum Gasteiger partial charge on any atom is -0.456 e. The molecule has 10 aromatic rings. The van der Waals surface area contributed by atoms with Gasteiger partial charge in [0.05, 0.1) is 0 Å². The van der Waals surface area contributed by atoms with Crippen LogP contribution >= 0.6 is 0 Å². The molecule has 0 atom stereocenters. The van der Waals surface area contributed by atoms with Crippen LogP contribution in [0.2, 0.25) is 0 Å². The summed E-state index contributed by atoms with van der Waals surface area (Å²) < 4.78 is 7.12. The molecule has 1 heterocycles. The van der Waals surface area contributed by atoms with Crippen LogP contribution in [0.25, 0.3) is 77.5 Å². The topological polar surface area (TPSA) is 12.5 Å². The van der Waals surface area contributed by atoms with E-state index in [4.69, 9.17) is 4.74 Å². The number of benzene rings is 10. The Morgan fingerprint density at radius 1 is 0.250 bits per heavy atom. The summed E-state index contributed by atoms with van der Waals surface area (Å²) in [6.45, 7) is 0. The third-order valence-electron chi connectivity index (χ3n) is 11.7. The van der Waals surface area contributed by atoms with Crippen molar-refractivity contribution in [3.63, 3.8) is 0 Å². The first-order chi connectivity index (χ1) is 29.7. The molecule has 60 heavy (non-hydrogen) atoms. The Kier molecular flexibility index (Phi) is 8.87. The molecule has 0 saturated carbocycles. The second-order valence-electron chi connectivity index (χ2n) is 15.3. The van der Waals surface area contributed by atoms with Gasteiger partial charge in [-0.25, -0.2) is 0 Å². The summed E-state index contributed by atoms with van der Waals surface area (Å²) in [7, 11) is 0. The monoisotopic (exact) mass is 765 g/mol. The highest BCUT2D eigenvalue weighted by atomic mass is 16.5. The average Bonchev–Trinajstić information content (AvgIpc) is 3.46. The maximum atomic E-state index is 7.12. The van der Waals surface area contributed by atoms with E-state index in [9.17, 15) is 0 Å². The molecule has 0 aromatic heterocycles. The van der Waals surface area contributed by atoms with E-state index < -0.39 is 0 Å². The van der Waals surface area contributed by atoms with Gasteiger partial charge in [0.2, 0.25) is 0 Å². The van der Waals surface area contributed by atoms with Crippen molar-refractivity contribution in [2.75, 3.05) is 4.90 Å². The maximum absolute atomic E-state index is 7.12. The molecule has 282 valence electrons. The molecule has 0 spiro atoms. The van der Waals surface area contributed by atoms with Gasteiger partial charge in [-0.15, -0.1) is 0 Å². The Bertz CT molecular complexity index is 3120. The van der Waals surface area contributed by atoms with Gasteiger partial charge in [0, 0.05) is 39.8 Å². The second-order valence-corrected chi connectivity index (χ2v) is 15.3. The van der Waals surface area contributed by atoms with Crippen LogP contribution in [-0.2, 0) is 0 Å². The lowest BCUT2D eigenvalue weighted by Gasteiger charge is -2.27. The Morgan fingerprint density at radius 3 is 1.22 bits per heavy atom. The molecule has 10 aromatic carbocycles. The number of rotatable bonds is 7. The summed E-state index contributed by atoms with van der Waals surface area (Å²) >= 11 is 0. The van der Waals surface area contributed by atoms with Gasteiger partial charge in [0.15, 0.2) is 0 Å². The summed E-state index contributed by atoms with van der Waals surface area (Å²) in [4.78, 5) is 2.33. The van der Waals surface area contributed by atoms with Gasteiger partial charge in [-0.3, -0.25) is 0 Å². The minimum atomic E-state index is 0.812. The number of anilines is 3. The Hall–Kier alpha value is -7.94. The van der Waals surface area contributed by atoms with Crippen LogP contribution in [0.1, 0.15) is 0 Å². The van der Waals surface area contributed by atoms with Gasteiger partial charge in [0.25, 0.3) is 0 Å². The summed E-state index contributed by atoms with van der Waals surface area (Å²) in [5, 5.41) is 2.33. The fourth-order valence-corrected chi connectivity index (χ4v) is 8.67. The third kappa shape index (κ3) is 6.51. The first kappa shape index (κ1) is 35.2. The number of fused-ring (bicyclic) bond motifs is 6. The number of hydrogen-bond donors (Lipinski definition) is 0. The standard InChI is InChI=1S/C58H39NO/c1-4-13-40(14-5-1)42-23-25-43(26-24-42)45-29-33-50(34-30-45)59(49-31-27-44(28-32-49)41-15-6-2-7-16-41)51-35-36-54-57(39-51)60-56-38-48-20-11-10-19-47(48)37-55(56)53-22-12-21-52(58(53)54)46-17-8-3-9-18-46/h1-39H. The Balaban J connectivity index is 1.05. The molecular formula is C58H39NO. The molecule has 0 radical (unpaired) electrons. The zero-order valence-electron chi connectivity index (χ0n) is 32.9. The van der Waals surface area contributed by atoms with Gasteiger partial charge in [-0.2, -0.15) is 0 Å². The highest BCUT2D eigenvalue weighted by Gasteiger charge is 2.26. The summed E-state index contributed by atoms with van der Waals surface area (Å²) in [6.07, 6.45) is 0. The quantitative estimate of drug-likeness (QED) is 0.160. The lowest BCUT2D eigenvalue weighted by molar-refractivity contribution is 0.488. The molecule has 0 amide bonds. The normalized spacial score (nSPS) is 11.5. The molecule has 1 aliphatic rings. The van der Waals surface area contributed by atoms with Crippen LogP contribution in [0, 0.1) is 0 Å². The van der Waals surface area contributed by atoms with E-state index in [0.717, 1.165) is 56.2 Å². The molecule has 2 heteroatoms. The largest absolute Gasteiger partial charge is 0.456 e. The van der Waals surface area contributed by atoms with Crippen LogP contribution in [0.5, 0.6) is 11.5 Å². The average molecular weight is 766 g/mol. The first-order valence-electron chi connectivity index (χ1n) is 20.5. The van der Waals surface area contributed by atoms with E-state index in [0.29, 0.717) is 0 Å². The zero-order chi connectivity index (χ0) is 39.8. The van der Waals surface area contributed by atoms with Crippen molar-refractivity contribution in [3.8, 4) is 78.3 Å². The molecule has 0 fully saturated rings. The van der Waals surface area contributed by atoms with Crippen LogP contribution in [0.3, 0.4) is 0 Å². The van der Waals surface area contributed by atoms with Crippen molar-refractivity contribution >= 4 is 27.8 Å². The summed E-state index contributed by atoms with van der Waals surface area (Å²) in [6, 6.07) is 84.7. The molecular weight excluding hydrogens is 727 g/mol. The van der Waals surface area contributed by atoms with E-state index in [2.05, 4.69) is 241 Å². The molecule has 0 unspecified atom stereocenters. The SMILES string of the molecule is c1ccc(-c2ccc(-c3ccc(N(c4ccc(-c5ccccc5)cc4)c4ccc5c(c4)Oc4cc6ccccc6cc4-c4cccc(-c6ccccc6)c4-5)cc3)cc2)cc1. The fourth-order valence-electron chi connectivity index (χ4n) is 8.67. The summed E-state index contributed by atoms with van der Waals surface area (Å²) in [5.41, 5.74) is 17.1. The lowest BCUT2D eigenvalue weighted by atomic mass is 9.87. The summed E-state index contributed by atoms with van der Waals surface area (Å²) in [5.74, 6) is 1.66. The van der Waals surface area contributed by atoms with Crippen molar-refractivity contribution in [2.24, 2.45) is 0 Å². The molecule has 0 saturated heterocycles. The number of ether oxygens (including phenoxy) is 1. The zero-order valence-corrected chi connectivity index (χ0v) is 32.9. The predicted molar refractivity (Wildman–Crippen MR) is 251 cm³/mol. The lowest BCUT2D eigenvalue weighted by Crippen LogP contribution is -2.10. The first-order valence-corrected chi connectivity index (χ1v) is 20.5. The predicted octanol–water partition coefficient (Wildman–Crippen LogP) is 16.4. The van der Waals surface area contributed by atoms with Crippen molar-refractivity contribution < 1.29 is 4.74 Å². The van der Waals surface area contributed by atoms with Crippen molar-refractivity contribution in [1.82, 2.24) is 0 Å². The molecule has 0 bridgehead atoms. The van der Waals surface area contributed by atoms with E-state index in [1.165, 1.54) is 49.9 Å². The maximum Gasteiger partial charge on any atom is 0.137 e. The van der Waals surface area contributed by atoms with Crippen LogP contribution in [-0.4, -0.2) is 0 Å². The van der Waals surface area contributed by atoms with Crippen molar-refractivity contribution in [1.29, 1.82) is 0 Å². The molecule has 1 aliphatic heterocycles. The van der Waals surface area contributed by atoms with Gasteiger partial charge < -0.3 is 9.64 Å². The van der Waals surface area contributed by atoms with Gasteiger partial charge >= 0.3 is 0 Å². The van der Waals surface area contributed by atoms with Crippen LogP contribution < -0.4 is 9.64 Å². The van der Waals surface area contributed by atoms with E-state index >= 15 is 0 Å². The molecule has 0 N–H and O–H groups in total. The van der Waals surface area contributed by atoms with E-state index in [-0.39, 0.29) is 0 Å². The second kappa shape index (κ2) is 15.1. The fraction of sp³-hybridized carbons (Fsp3) is 0. The van der Waals surface area contributed by atoms with E-state index in [1.54, 1.807) is 0 Å². The molecule has 0 aliphatic carbocycles. The minimum absolute atomic E-state index is 0.812. The van der Waals surface area contributed by atoms with Gasteiger partial charge in [0.1, 0.15) is 11.5 Å². The van der Waals surface area contributed by atoms with Crippen LogP contribution in [0.15, 0.2) is 237 Å². The molecule has 11 rings (SSSR count). The van der Waals surface area contributed by atoms with E-state index in [1.807, 2.05) is 0 Å². The Morgan fingerprint density at radius 2 is 0.667 bits per heavy atom. The highest BCUT2D eigenvalue weighted by molar-refractivity contribution is 6.02. The molecule has 2 nitrogen and oxygen atoms in total. The number of nitrogens with zero attached hydrogens (tertiary/aromatic N) is 1. The Labute approximate surface area is 350 Å².